The molecule has 0 unspecified atom stereocenters. The van der Waals surface area contributed by atoms with Crippen LogP contribution in [-0.4, -0.2) is 57.0 Å². The zero-order valence-corrected chi connectivity index (χ0v) is 18.8. The van der Waals surface area contributed by atoms with Gasteiger partial charge in [0.2, 0.25) is 5.91 Å². The number of carbonyl (C=O) groups is 1. The number of rotatable bonds is 4. The number of fused-ring (bicyclic) bond motifs is 3. The zero-order valence-electron chi connectivity index (χ0n) is 18.0. The summed E-state index contributed by atoms with van der Waals surface area (Å²) < 4.78 is 5.17. The highest BCUT2D eigenvalue weighted by Gasteiger charge is 2.25. The van der Waals surface area contributed by atoms with E-state index in [2.05, 4.69) is 15.0 Å². The number of nitrogens with one attached hydrogen (secondary N) is 1. The fourth-order valence-electron chi connectivity index (χ4n) is 4.67. The quantitative estimate of drug-likeness (QED) is 0.668. The number of amides is 1. The van der Waals surface area contributed by atoms with Crippen LogP contribution in [0.1, 0.15) is 46.1 Å². The van der Waals surface area contributed by atoms with Crippen LogP contribution in [0.5, 0.6) is 0 Å². The smallest absolute Gasteiger partial charge is 0.259 e. The minimum Gasteiger partial charge on any atom is -0.361 e. The third-order valence-electron chi connectivity index (χ3n) is 6.48. The Kier molecular flexibility index (Phi) is 5.39. The van der Waals surface area contributed by atoms with Crippen molar-refractivity contribution in [2.75, 3.05) is 26.2 Å². The highest BCUT2D eigenvalue weighted by Crippen LogP contribution is 2.33. The van der Waals surface area contributed by atoms with Crippen molar-refractivity contribution in [3.05, 3.63) is 43.6 Å². The second kappa shape index (κ2) is 8.20. The largest absolute Gasteiger partial charge is 0.361 e. The molecule has 3 aromatic rings. The van der Waals surface area contributed by atoms with Crippen molar-refractivity contribution in [1.82, 2.24) is 24.9 Å². The van der Waals surface area contributed by atoms with Gasteiger partial charge in [-0.25, -0.2) is 4.98 Å². The molecule has 1 saturated heterocycles. The average Bonchev–Trinajstić information content (AvgIpc) is 3.29. The van der Waals surface area contributed by atoms with Crippen LogP contribution >= 0.6 is 11.3 Å². The Morgan fingerprint density at radius 2 is 1.94 bits per heavy atom. The minimum atomic E-state index is -0.00678. The van der Waals surface area contributed by atoms with E-state index in [1.807, 2.05) is 18.7 Å². The molecule has 5 rings (SSSR count). The van der Waals surface area contributed by atoms with E-state index in [9.17, 15) is 9.59 Å². The summed E-state index contributed by atoms with van der Waals surface area (Å²) in [5.41, 5.74) is 2.89. The predicted molar refractivity (Wildman–Crippen MR) is 118 cm³/mol. The van der Waals surface area contributed by atoms with Gasteiger partial charge in [-0.1, -0.05) is 5.16 Å². The number of H-pyrrole nitrogens is 1. The molecule has 0 spiro atoms. The Hall–Kier alpha value is -2.52. The molecular weight excluding hydrogens is 414 g/mol. The molecular formula is C22H27N5O3S. The lowest BCUT2D eigenvalue weighted by molar-refractivity contribution is -0.132. The van der Waals surface area contributed by atoms with Crippen molar-refractivity contribution < 1.29 is 9.32 Å². The highest BCUT2D eigenvalue weighted by atomic mass is 32.1. The van der Waals surface area contributed by atoms with Gasteiger partial charge in [-0.05, 0) is 45.1 Å². The molecule has 1 aliphatic carbocycles. The summed E-state index contributed by atoms with van der Waals surface area (Å²) in [5.74, 6) is 1.53. The summed E-state index contributed by atoms with van der Waals surface area (Å²) in [6.07, 6.45) is 4.73. The molecule has 0 saturated carbocycles. The topological polar surface area (TPSA) is 95.3 Å². The van der Waals surface area contributed by atoms with Gasteiger partial charge in [0.15, 0.2) is 0 Å². The Balaban J connectivity index is 1.23. The number of hydrogen-bond acceptors (Lipinski definition) is 7. The minimum absolute atomic E-state index is 0.00678. The van der Waals surface area contributed by atoms with Gasteiger partial charge in [-0.15, -0.1) is 11.3 Å². The third kappa shape index (κ3) is 3.92. The van der Waals surface area contributed by atoms with E-state index in [1.165, 1.54) is 16.9 Å². The first-order valence-corrected chi connectivity index (χ1v) is 11.8. The maximum absolute atomic E-state index is 12.7. The molecule has 1 N–H and O–H groups in total. The summed E-state index contributed by atoms with van der Waals surface area (Å²) in [7, 11) is 0. The van der Waals surface area contributed by atoms with E-state index < -0.39 is 0 Å². The van der Waals surface area contributed by atoms with E-state index in [-0.39, 0.29) is 11.5 Å². The molecule has 1 aliphatic heterocycles. The van der Waals surface area contributed by atoms with Crippen molar-refractivity contribution in [3.8, 4) is 0 Å². The Morgan fingerprint density at radius 3 is 2.68 bits per heavy atom. The maximum atomic E-state index is 12.7. The molecule has 1 fully saturated rings. The van der Waals surface area contributed by atoms with Crippen LogP contribution in [0, 0.1) is 13.8 Å². The predicted octanol–water partition coefficient (Wildman–Crippen LogP) is 2.36. The molecule has 2 aliphatic rings. The van der Waals surface area contributed by atoms with Crippen LogP contribution in [0.25, 0.3) is 10.2 Å². The average molecular weight is 442 g/mol. The molecule has 0 atom stereocenters. The summed E-state index contributed by atoms with van der Waals surface area (Å²) >= 11 is 1.68. The van der Waals surface area contributed by atoms with Crippen LogP contribution in [0.15, 0.2) is 9.32 Å². The maximum Gasteiger partial charge on any atom is 0.259 e. The van der Waals surface area contributed by atoms with Crippen molar-refractivity contribution in [1.29, 1.82) is 0 Å². The van der Waals surface area contributed by atoms with Crippen LogP contribution in [0.4, 0.5) is 0 Å². The van der Waals surface area contributed by atoms with E-state index in [1.54, 1.807) is 11.3 Å². The van der Waals surface area contributed by atoms with Crippen LogP contribution in [0.2, 0.25) is 0 Å². The van der Waals surface area contributed by atoms with Gasteiger partial charge >= 0.3 is 0 Å². The first-order chi connectivity index (χ1) is 15.0. The lowest BCUT2D eigenvalue weighted by Gasteiger charge is -2.34. The normalized spacial score (nSPS) is 17.3. The van der Waals surface area contributed by atoms with E-state index in [0.717, 1.165) is 53.8 Å². The first kappa shape index (κ1) is 20.4. The van der Waals surface area contributed by atoms with Crippen molar-refractivity contribution in [2.24, 2.45) is 0 Å². The number of thiophene rings is 1. The van der Waals surface area contributed by atoms with E-state index >= 15 is 0 Å². The Morgan fingerprint density at radius 1 is 1.16 bits per heavy atom. The van der Waals surface area contributed by atoms with Gasteiger partial charge in [0, 0.05) is 36.6 Å². The lowest BCUT2D eigenvalue weighted by atomic mass is 9.97. The fraction of sp³-hybridized carbons (Fsp3) is 0.545. The molecule has 3 aromatic heterocycles. The summed E-state index contributed by atoms with van der Waals surface area (Å²) in [4.78, 5) is 39.6. The molecule has 0 bridgehead atoms. The van der Waals surface area contributed by atoms with Gasteiger partial charge < -0.3 is 14.4 Å². The van der Waals surface area contributed by atoms with Crippen molar-refractivity contribution >= 4 is 27.5 Å². The van der Waals surface area contributed by atoms with Crippen LogP contribution < -0.4 is 5.56 Å². The van der Waals surface area contributed by atoms with E-state index in [4.69, 9.17) is 9.51 Å². The molecule has 9 heteroatoms. The second-order valence-corrected chi connectivity index (χ2v) is 9.62. The number of aryl methyl sites for hydroxylation is 4. The number of piperazine rings is 1. The van der Waals surface area contributed by atoms with Gasteiger partial charge in [-0.3, -0.25) is 14.5 Å². The van der Waals surface area contributed by atoms with Crippen molar-refractivity contribution in [3.63, 3.8) is 0 Å². The number of aromatic nitrogens is 3. The van der Waals surface area contributed by atoms with Crippen LogP contribution in [-0.2, 0) is 30.6 Å². The monoisotopic (exact) mass is 441 g/mol. The summed E-state index contributed by atoms with van der Waals surface area (Å²) in [6, 6.07) is 0. The van der Waals surface area contributed by atoms with Gasteiger partial charge in [0.05, 0.1) is 24.0 Å². The summed E-state index contributed by atoms with van der Waals surface area (Å²) in [5, 5.41) is 4.74. The number of carbonyl (C=O) groups excluding carboxylic acids is 1. The highest BCUT2D eigenvalue weighted by molar-refractivity contribution is 7.18. The molecule has 0 radical (unpaired) electrons. The number of aromatic amines is 1. The number of nitrogens with zero attached hydrogens (tertiary/aromatic N) is 4. The first-order valence-electron chi connectivity index (χ1n) is 10.9. The van der Waals surface area contributed by atoms with Gasteiger partial charge in [-0.2, -0.15) is 0 Å². The molecule has 8 nitrogen and oxygen atoms in total. The van der Waals surface area contributed by atoms with E-state index in [0.29, 0.717) is 37.6 Å². The standard InChI is InChI=1S/C22H27N5O3S/c1-13-16(14(2)30-25-13)11-19(28)27-9-7-26(8-10-27)12-18-23-21(29)20-15-5-3-4-6-17(15)31-22(20)24-18/h3-12H2,1-2H3,(H,23,24,29). The number of hydrogen-bond donors (Lipinski definition) is 1. The molecule has 0 aromatic carbocycles. The second-order valence-electron chi connectivity index (χ2n) is 8.54. The molecule has 31 heavy (non-hydrogen) atoms. The Labute approximate surface area is 184 Å². The van der Waals surface area contributed by atoms with Gasteiger partial charge in [0.25, 0.3) is 5.56 Å². The molecule has 1 amide bonds. The lowest BCUT2D eigenvalue weighted by Crippen LogP contribution is -2.49. The summed E-state index contributed by atoms with van der Waals surface area (Å²) in [6.45, 7) is 7.16. The van der Waals surface area contributed by atoms with Crippen molar-refractivity contribution in [2.45, 2.75) is 52.5 Å². The molecule has 4 heterocycles. The SMILES string of the molecule is Cc1noc(C)c1CC(=O)N1CCN(Cc2nc3sc4c(c3c(=O)[nH]2)CCCC4)CC1. The van der Waals surface area contributed by atoms with Crippen LogP contribution in [0.3, 0.4) is 0 Å². The molecule has 164 valence electrons. The van der Waals surface area contributed by atoms with Gasteiger partial charge in [0.1, 0.15) is 16.4 Å². The third-order valence-corrected chi connectivity index (χ3v) is 7.67. The Bertz CT molecular complexity index is 1170. The fourth-order valence-corrected chi connectivity index (χ4v) is 5.95. The zero-order chi connectivity index (χ0) is 21.5.